The molecule has 6 nitrogen and oxygen atoms in total. The number of aliphatic hydroxyl groups excluding tert-OH is 2. The van der Waals surface area contributed by atoms with E-state index in [9.17, 15) is 10.2 Å². The number of aromatic nitrogens is 1. The lowest BCUT2D eigenvalue weighted by atomic mass is 10.1. The third kappa shape index (κ3) is 5.39. The van der Waals surface area contributed by atoms with Gasteiger partial charge < -0.3 is 14.9 Å². The van der Waals surface area contributed by atoms with Crippen LogP contribution in [0.25, 0.3) is 16.9 Å². The second-order valence-corrected chi connectivity index (χ2v) is 8.19. The number of rotatable bonds is 8. The van der Waals surface area contributed by atoms with Gasteiger partial charge in [0.2, 0.25) is 0 Å². The molecule has 4 rings (SSSR count). The van der Waals surface area contributed by atoms with E-state index in [1.165, 1.54) is 11.3 Å². The van der Waals surface area contributed by atoms with Gasteiger partial charge in [-0.05, 0) is 29.8 Å². The first-order valence-corrected chi connectivity index (χ1v) is 11.5. The van der Waals surface area contributed by atoms with Gasteiger partial charge in [-0.15, -0.1) is 11.3 Å². The van der Waals surface area contributed by atoms with Gasteiger partial charge in [-0.3, -0.25) is 4.57 Å². The fraction of sp³-hybridized carbons (Fsp3) is 0.154. The minimum absolute atomic E-state index is 0.0719. The van der Waals surface area contributed by atoms with Crippen LogP contribution in [0.4, 0.5) is 0 Å². The monoisotopic (exact) mass is 460 g/mol. The number of thiazole rings is 1. The van der Waals surface area contributed by atoms with Crippen molar-refractivity contribution in [1.82, 2.24) is 4.57 Å². The molecule has 0 bridgehead atoms. The molecule has 0 fully saturated rings. The van der Waals surface area contributed by atoms with Crippen molar-refractivity contribution in [3.05, 3.63) is 101 Å². The molecule has 1 heterocycles. The molecule has 0 amide bonds. The fourth-order valence-electron chi connectivity index (χ4n) is 3.42. The predicted molar refractivity (Wildman–Crippen MR) is 131 cm³/mol. The van der Waals surface area contributed by atoms with Gasteiger partial charge in [-0.2, -0.15) is 0 Å². The van der Waals surface area contributed by atoms with Gasteiger partial charge in [0.25, 0.3) is 0 Å². The zero-order valence-electron chi connectivity index (χ0n) is 18.3. The molecule has 0 radical (unpaired) electrons. The Morgan fingerprint density at radius 1 is 1.00 bits per heavy atom. The fourth-order valence-corrected chi connectivity index (χ4v) is 4.38. The van der Waals surface area contributed by atoms with Crippen molar-refractivity contribution in [3.8, 4) is 22.7 Å². The van der Waals surface area contributed by atoms with Crippen molar-refractivity contribution in [2.45, 2.75) is 12.6 Å². The predicted octanol–water partition coefficient (Wildman–Crippen LogP) is 2.71. The normalized spacial score (nSPS) is 13.2. The van der Waals surface area contributed by atoms with E-state index >= 15 is 0 Å². The summed E-state index contributed by atoms with van der Waals surface area (Å²) in [6.07, 6.45) is 0. The second-order valence-electron chi connectivity index (χ2n) is 7.35. The van der Waals surface area contributed by atoms with E-state index in [0.29, 0.717) is 11.3 Å². The van der Waals surface area contributed by atoms with Gasteiger partial charge in [-0.1, -0.05) is 60.7 Å². The van der Waals surface area contributed by atoms with Gasteiger partial charge in [0.1, 0.15) is 5.75 Å². The summed E-state index contributed by atoms with van der Waals surface area (Å²) in [4.78, 5) is 8.34. The Labute approximate surface area is 196 Å². The molecule has 0 aliphatic heterocycles. The Morgan fingerprint density at radius 3 is 2.30 bits per heavy atom. The van der Waals surface area contributed by atoms with Gasteiger partial charge in [-0.25, -0.2) is 9.98 Å². The molecule has 0 unspecified atom stereocenters. The molecule has 0 aliphatic rings. The Morgan fingerprint density at radius 2 is 1.67 bits per heavy atom. The summed E-state index contributed by atoms with van der Waals surface area (Å²) < 4.78 is 7.32. The summed E-state index contributed by atoms with van der Waals surface area (Å²) in [5.41, 5.74) is 3.94. The van der Waals surface area contributed by atoms with E-state index < -0.39 is 6.04 Å². The maximum Gasteiger partial charge on any atom is 0.360 e. The van der Waals surface area contributed by atoms with Crippen LogP contribution in [0, 0.1) is 0 Å². The lowest BCUT2D eigenvalue weighted by Gasteiger charge is -2.11. The topological polar surface area (TPSA) is 81.0 Å². The molecule has 1 atom stereocenters. The second kappa shape index (κ2) is 10.8. The highest BCUT2D eigenvalue weighted by Gasteiger charge is 2.20. The first kappa shape index (κ1) is 22.5. The first-order chi connectivity index (χ1) is 16.2. The number of nitrogens with zero attached hydrogens (tertiary/aromatic N) is 2. The third-order valence-corrected chi connectivity index (χ3v) is 6.02. The van der Waals surface area contributed by atoms with E-state index in [2.05, 4.69) is 4.99 Å². The van der Waals surface area contributed by atoms with E-state index in [1.807, 2.05) is 94.9 Å². The highest BCUT2D eigenvalue weighted by atomic mass is 32.1. The minimum Gasteiger partial charge on any atom is -0.497 e. The zero-order valence-corrected chi connectivity index (χ0v) is 19.1. The Bertz CT molecular complexity index is 1260. The van der Waals surface area contributed by atoms with Crippen molar-refractivity contribution in [2.75, 3.05) is 13.7 Å². The number of benzene rings is 3. The van der Waals surface area contributed by atoms with Crippen LogP contribution in [0.15, 0.2) is 95.3 Å². The number of hydrogen-bond acceptors (Lipinski definition) is 4. The molecule has 4 aromatic rings. The van der Waals surface area contributed by atoms with Crippen LogP contribution in [0.5, 0.6) is 5.75 Å². The van der Waals surface area contributed by atoms with Crippen molar-refractivity contribution >= 4 is 17.2 Å². The molecule has 33 heavy (non-hydrogen) atoms. The summed E-state index contributed by atoms with van der Waals surface area (Å²) in [6.45, 7) is 0.117. The summed E-state index contributed by atoms with van der Waals surface area (Å²) in [7, 11) is 1.63. The molecule has 7 heteroatoms. The average molecular weight is 461 g/mol. The van der Waals surface area contributed by atoms with E-state index in [4.69, 9.17) is 9.73 Å². The lowest BCUT2D eigenvalue weighted by Crippen LogP contribution is -2.74. The maximum atomic E-state index is 10.6. The van der Waals surface area contributed by atoms with Crippen molar-refractivity contribution in [3.63, 3.8) is 0 Å². The number of aliphatic hydroxyl groups is 2. The lowest BCUT2D eigenvalue weighted by molar-refractivity contribution is -0.486. The van der Waals surface area contributed by atoms with Crippen molar-refractivity contribution in [2.24, 2.45) is 4.99 Å². The zero-order chi connectivity index (χ0) is 23.0. The highest BCUT2D eigenvalue weighted by molar-refractivity contribution is 7.07. The van der Waals surface area contributed by atoms with Crippen LogP contribution in [-0.2, 0) is 6.54 Å². The van der Waals surface area contributed by atoms with Crippen LogP contribution in [0.2, 0.25) is 0 Å². The number of nitrogens with one attached hydrogen (secondary N) is 1. The van der Waals surface area contributed by atoms with Gasteiger partial charge in [0.05, 0.1) is 19.4 Å². The Kier molecular flexibility index (Phi) is 7.34. The largest absolute Gasteiger partial charge is 0.497 e. The first-order valence-electron chi connectivity index (χ1n) is 10.6. The van der Waals surface area contributed by atoms with Crippen LogP contribution in [0.1, 0.15) is 5.56 Å². The number of methoxy groups -OCH3 is 1. The smallest absolute Gasteiger partial charge is 0.360 e. The molecule has 0 saturated carbocycles. The van der Waals surface area contributed by atoms with E-state index in [0.717, 1.165) is 28.3 Å². The van der Waals surface area contributed by atoms with Crippen LogP contribution < -0.4 is 14.5 Å². The molecule has 1 aromatic heterocycles. The number of ether oxygens (including phenoxy) is 1. The summed E-state index contributed by atoms with van der Waals surface area (Å²) in [5, 5.41) is 22.6. The molecule has 0 aliphatic carbocycles. The van der Waals surface area contributed by atoms with Crippen LogP contribution in [0.3, 0.4) is 0 Å². The van der Waals surface area contributed by atoms with Crippen molar-refractivity contribution in [1.29, 1.82) is 0 Å². The molecule has 0 spiro atoms. The number of hydrogen-bond donors (Lipinski definition) is 3. The quantitative estimate of drug-likeness (QED) is 0.279. The molecular formula is C26H26N3O3S+. The summed E-state index contributed by atoms with van der Waals surface area (Å²) in [6, 6.07) is 26.7. The Hall–Kier alpha value is -3.68. The van der Waals surface area contributed by atoms with E-state index in [1.54, 1.807) is 7.11 Å². The van der Waals surface area contributed by atoms with Gasteiger partial charge in [0, 0.05) is 16.6 Å². The molecular weight excluding hydrogens is 434 g/mol. The maximum absolute atomic E-state index is 10.6. The molecule has 3 aromatic carbocycles. The third-order valence-electron chi connectivity index (χ3n) is 5.18. The molecule has 0 saturated heterocycles. The standard InChI is InChI=1S/C26H25N3O3S/c1-32-22-14-12-21(13-15-22)29-24(20-10-6-3-7-11-20)18-33-26(29)28-23(17-30)25(31)27-16-19-8-4-2-5-9-19/h2-15,18,23,30H,16-17H2,1H3,(H,27,31)/p+1/t23-/m0/s1. The van der Waals surface area contributed by atoms with E-state index in [-0.39, 0.29) is 12.5 Å². The van der Waals surface area contributed by atoms with Crippen LogP contribution in [-0.4, -0.2) is 40.4 Å². The SMILES string of the molecule is COc1ccc(-n2c(-c3ccccc3)csc2=N[C@@H](CO)C(O)=[NH+]Cc2ccccc2)cc1. The summed E-state index contributed by atoms with van der Waals surface area (Å²) >= 11 is 1.45. The summed E-state index contributed by atoms with van der Waals surface area (Å²) in [5.74, 6) is 0.691. The van der Waals surface area contributed by atoms with Gasteiger partial charge in [0.15, 0.2) is 17.4 Å². The Balaban J connectivity index is 1.76. The minimum atomic E-state index is -0.805. The molecule has 168 valence electrons. The highest BCUT2D eigenvalue weighted by Crippen LogP contribution is 2.24. The van der Waals surface area contributed by atoms with Crippen molar-refractivity contribution < 1.29 is 19.9 Å². The molecule has 3 N–H and O–H groups in total. The van der Waals surface area contributed by atoms with Crippen LogP contribution >= 0.6 is 11.3 Å². The average Bonchev–Trinajstić information content (AvgIpc) is 3.30. The van der Waals surface area contributed by atoms with Gasteiger partial charge >= 0.3 is 5.90 Å².